The van der Waals surface area contributed by atoms with E-state index in [-0.39, 0.29) is 6.10 Å². The van der Waals surface area contributed by atoms with Crippen molar-refractivity contribution < 1.29 is 4.74 Å². The van der Waals surface area contributed by atoms with Crippen LogP contribution in [-0.2, 0) is 11.3 Å². The summed E-state index contributed by atoms with van der Waals surface area (Å²) in [6.45, 7) is 11.7. The van der Waals surface area contributed by atoms with Crippen LogP contribution < -0.4 is 5.32 Å². The lowest BCUT2D eigenvalue weighted by molar-refractivity contribution is 0.0615. The zero-order valence-corrected chi connectivity index (χ0v) is 13.0. The maximum atomic E-state index is 5.60. The molecule has 0 aromatic carbocycles. The molecular formula is C14H21N3OS. The Balaban J connectivity index is 2.45. The molecule has 104 valence electrons. The second kappa shape index (κ2) is 5.84. The average Bonchev–Trinajstić information content (AvgIpc) is 2.63. The highest BCUT2D eigenvalue weighted by Gasteiger charge is 2.14. The van der Waals surface area contributed by atoms with E-state index >= 15 is 0 Å². The number of anilines is 1. The van der Waals surface area contributed by atoms with Gasteiger partial charge in [-0.3, -0.25) is 0 Å². The van der Waals surface area contributed by atoms with Gasteiger partial charge in [-0.15, -0.1) is 11.3 Å². The quantitative estimate of drug-likeness (QED) is 0.907. The first kappa shape index (κ1) is 14.2. The molecule has 0 atom stereocenters. The third-order valence-electron chi connectivity index (χ3n) is 2.96. The van der Waals surface area contributed by atoms with Crippen molar-refractivity contribution in [2.45, 2.75) is 47.3 Å². The van der Waals surface area contributed by atoms with Crippen LogP contribution in [0.25, 0.3) is 10.2 Å². The zero-order valence-electron chi connectivity index (χ0n) is 12.2. The Morgan fingerprint density at radius 1 is 1.26 bits per heavy atom. The molecule has 5 heteroatoms. The van der Waals surface area contributed by atoms with Crippen LogP contribution in [0.1, 0.15) is 37.0 Å². The van der Waals surface area contributed by atoms with Gasteiger partial charge < -0.3 is 10.1 Å². The summed E-state index contributed by atoms with van der Waals surface area (Å²) in [6, 6.07) is 0. The summed E-state index contributed by atoms with van der Waals surface area (Å²) in [6.07, 6.45) is 0.189. The normalized spacial score (nSPS) is 11.5. The first-order chi connectivity index (χ1) is 9.02. The smallest absolute Gasteiger partial charge is 0.158 e. The highest BCUT2D eigenvalue weighted by atomic mass is 32.1. The molecular weight excluding hydrogens is 258 g/mol. The Morgan fingerprint density at radius 2 is 2.00 bits per heavy atom. The van der Waals surface area contributed by atoms with Gasteiger partial charge in [-0.05, 0) is 40.2 Å². The molecule has 0 radical (unpaired) electrons. The summed E-state index contributed by atoms with van der Waals surface area (Å²) in [5.74, 6) is 1.68. The molecule has 19 heavy (non-hydrogen) atoms. The van der Waals surface area contributed by atoms with Crippen LogP contribution >= 0.6 is 11.3 Å². The van der Waals surface area contributed by atoms with Crippen molar-refractivity contribution in [2.24, 2.45) is 0 Å². The summed E-state index contributed by atoms with van der Waals surface area (Å²) in [5, 5.41) is 4.48. The summed E-state index contributed by atoms with van der Waals surface area (Å²) in [7, 11) is 0. The predicted molar refractivity (Wildman–Crippen MR) is 81.0 cm³/mol. The molecule has 0 saturated heterocycles. The molecule has 1 N–H and O–H groups in total. The Kier molecular flexibility index (Phi) is 4.37. The van der Waals surface area contributed by atoms with Gasteiger partial charge in [-0.25, -0.2) is 9.97 Å². The third-order valence-corrected chi connectivity index (χ3v) is 4.07. The van der Waals surface area contributed by atoms with E-state index in [4.69, 9.17) is 4.74 Å². The highest BCUT2D eigenvalue weighted by Crippen LogP contribution is 2.33. The van der Waals surface area contributed by atoms with E-state index in [1.54, 1.807) is 11.3 Å². The van der Waals surface area contributed by atoms with Crippen LogP contribution in [0.2, 0.25) is 0 Å². The van der Waals surface area contributed by atoms with E-state index < -0.39 is 0 Å². The number of aromatic nitrogens is 2. The van der Waals surface area contributed by atoms with Gasteiger partial charge >= 0.3 is 0 Å². The number of rotatable bonds is 5. The molecule has 2 aromatic rings. The van der Waals surface area contributed by atoms with Gasteiger partial charge in [-0.1, -0.05) is 0 Å². The Morgan fingerprint density at radius 3 is 2.63 bits per heavy atom. The number of nitrogens with one attached hydrogen (secondary N) is 1. The number of fused-ring (bicyclic) bond motifs is 1. The number of aryl methyl sites for hydroxylation is 2. The summed E-state index contributed by atoms with van der Waals surface area (Å²) in [5.41, 5.74) is 1.27. The fourth-order valence-electron chi connectivity index (χ4n) is 1.89. The largest absolute Gasteiger partial charge is 0.371 e. The first-order valence-electron chi connectivity index (χ1n) is 6.65. The summed E-state index contributed by atoms with van der Waals surface area (Å²) < 4.78 is 5.60. The van der Waals surface area contributed by atoms with Crippen molar-refractivity contribution in [3.63, 3.8) is 0 Å². The number of nitrogens with zero attached hydrogens (tertiary/aromatic N) is 2. The van der Waals surface area contributed by atoms with E-state index in [1.165, 1.54) is 10.4 Å². The van der Waals surface area contributed by atoms with Crippen LogP contribution in [0, 0.1) is 13.8 Å². The fraction of sp³-hybridized carbons (Fsp3) is 0.571. The molecule has 2 heterocycles. The van der Waals surface area contributed by atoms with Crippen LogP contribution in [0.5, 0.6) is 0 Å². The molecule has 0 aliphatic carbocycles. The number of hydrogen-bond donors (Lipinski definition) is 1. The highest BCUT2D eigenvalue weighted by molar-refractivity contribution is 7.18. The standard InChI is InChI=1S/C14H21N3OS/c1-6-15-13-12-9(4)10(5)19-14(12)17-11(16-13)7-18-8(2)3/h8H,6-7H2,1-5H3,(H,15,16,17). The molecule has 2 aromatic heterocycles. The Labute approximate surface area is 118 Å². The van der Waals surface area contributed by atoms with E-state index in [9.17, 15) is 0 Å². The van der Waals surface area contributed by atoms with Crippen LogP contribution in [0.15, 0.2) is 0 Å². The topological polar surface area (TPSA) is 47.0 Å². The minimum atomic E-state index is 0.189. The molecule has 0 bridgehead atoms. The fourth-order valence-corrected chi connectivity index (χ4v) is 2.94. The maximum Gasteiger partial charge on any atom is 0.158 e. The molecule has 0 saturated carbocycles. The summed E-state index contributed by atoms with van der Waals surface area (Å²) >= 11 is 1.72. The van der Waals surface area contributed by atoms with Crippen molar-refractivity contribution in [1.29, 1.82) is 0 Å². The second-order valence-corrected chi connectivity index (χ2v) is 6.05. The van der Waals surface area contributed by atoms with Crippen LogP contribution in [0.3, 0.4) is 0 Å². The first-order valence-corrected chi connectivity index (χ1v) is 7.46. The van der Waals surface area contributed by atoms with Crippen molar-refractivity contribution in [3.8, 4) is 0 Å². The minimum Gasteiger partial charge on any atom is -0.371 e. The van der Waals surface area contributed by atoms with Gasteiger partial charge in [-0.2, -0.15) is 0 Å². The van der Waals surface area contributed by atoms with E-state index in [0.29, 0.717) is 6.61 Å². The maximum absolute atomic E-state index is 5.60. The number of hydrogen-bond acceptors (Lipinski definition) is 5. The lowest BCUT2D eigenvalue weighted by Gasteiger charge is -2.10. The van der Waals surface area contributed by atoms with Gasteiger partial charge in [0.25, 0.3) is 0 Å². The van der Waals surface area contributed by atoms with Crippen molar-refractivity contribution >= 4 is 27.4 Å². The molecule has 4 nitrogen and oxygen atoms in total. The molecule has 0 unspecified atom stereocenters. The van der Waals surface area contributed by atoms with E-state index in [0.717, 1.165) is 28.4 Å². The second-order valence-electron chi connectivity index (χ2n) is 4.84. The van der Waals surface area contributed by atoms with E-state index in [1.807, 2.05) is 13.8 Å². The Hall–Kier alpha value is -1.20. The molecule has 2 rings (SSSR count). The minimum absolute atomic E-state index is 0.189. The zero-order chi connectivity index (χ0) is 14.0. The van der Waals surface area contributed by atoms with Gasteiger partial charge in [0.05, 0.1) is 11.5 Å². The molecule has 0 aliphatic rings. The summed E-state index contributed by atoms with van der Waals surface area (Å²) in [4.78, 5) is 11.6. The molecule has 0 amide bonds. The lowest BCUT2D eigenvalue weighted by atomic mass is 10.2. The van der Waals surface area contributed by atoms with Crippen molar-refractivity contribution in [1.82, 2.24) is 9.97 Å². The van der Waals surface area contributed by atoms with Gasteiger partial charge in [0.2, 0.25) is 0 Å². The van der Waals surface area contributed by atoms with Crippen LogP contribution in [0.4, 0.5) is 5.82 Å². The molecule has 0 spiro atoms. The lowest BCUT2D eigenvalue weighted by Crippen LogP contribution is -2.08. The van der Waals surface area contributed by atoms with Gasteiger partial charge in [0.1, 0.15) is 17.3 Å². The predicted octanol–water partition coefficient (Wildman–Crippen LogP) is 3.66. The average molecular weight is 279 g/mol. The van der Waals surface area contributed by atoms with E-state index in [2.05, 4.69) is 36.1 Å². The monoisotopic (exact) mass is 279 g/mol. The van der Waals surface area contributed by atoms with Gasteiger partial charge in [0.15, 0.2) is 5.82 Å². The number of thiophene rings is 1. The molecule has 0 aliphatic heterocycles. The van der Waals surface area contributed by atoms with Gasteiger partial charge in [0, 0.05) is 11.4 Å². The number of ether oxygens (including phenoxy) is 1. The SMILES string of the molecule is CCNc1nc(COC(C)C)nc2sc(C)c(C)c12. The third kappa shape index (κ3) is 3.04. The van der Waals surface area contributed by atoms with Crippen molar-refractivity contribution in [2.75, 3.05) is 11.9 Å². The molecule has 0 fully saturated rings. The van der Waals surface area contributed by atoms with Crippen LogP contribution in [-0.4, -0.2) is 22.6 Å². The van der Waals surface area contributed by atoms with Crippen molar-refractivity contribution in [3.05, 3.63) is 16.3 Å². The Bertz CT molecular complexity index is 578.